The predicted molar refractivity (Wildman–Crippen MR) is 70.8 cm³/mol. The molecule has 19 heavy (non-hydrogen) atoms. The van der Waals surface area contributed by atoms with E-state index in [4.69, 9.17) is 4.74 Å². The van der Waals surface area contributed by atoms with Crippen molar-refractivity contribution in [3.8, 4) is 0 Å². The van der Waals surface area contributed by atoms with E-state index < -0.39 is 0 Å². The van der Waals surface area contributed by atoms with Crippen LogP contribution in [0.3, 0.4) is 0 Å². The summed E-state index contributed by atoms with van der Waals surface area (Å²) in [4.78, 5) is 32.0. The first-order chi connectivity index (χ1) is 9.16. The van der Waals surface area contributed by atoms with Crippen LogP contribution in [0.5, 0.6) is 0 Å². The van der Waals surface area contributed by atoms with Gasteiger partial charge in [0, 0.05) is 30.4 Å². The van der Waals surface area contributed by atoms with Crippen molar-refractivity contribution in [3.63, 3.8) is 0 Å². The summed E-state index contributed by atoms with van der Waals surface area (Å²) >= 11 is 1.43. The monoisotopic (exact) mass is 279 g/mol. The highest BCUT2D eigenvalue weighted by Gasteiger charge is 2.22. The topological polar surface area (TPSA) is 63.9 Å². The molecule has 100 valence electrons. The molecule has 0 aliphatic carbocycles. The Morgan fingerprint density at radius 1 is 1.42 bits per heavy atom. The summed E-state index contributed by atoms with van der Waals surface area (Å²) in [5.41, 5.74) is -0.178. The summed E-state index contributed by atoms with van der Waals surface area (Å²) < 4.78 is 6.64. The molecule has 1 aliphatic heterocycles. The number of nitrogens with zero attached hydrogens (tertiary/aromatic N) is 3. The molecule has 0 aromatic carbocycles. The zero-order valence-electron chi connectivity index (χ0n) is 10.5. The Kier molecular flexibility index (Phi) is 3.08. The molecule has 1 amide bonds. The van der Waals surface area contributed by atoms with Gasteiger partial charge < -0.3 is 9.64 Å². The number of carbonyl (C=O) groups is 1. The molecule has 1 saturated heterocycles. The molecule has 2 aromatic rings. The number of ether oxygens (including phenoxy) is 1. The molecule has 3 heterocycles. The SMILES string of the molecule is Cc1cn2c(=O)c(C(=O)N3CCOCC3)cnc2s1. The van der Waals surface area contributed by atoms with Gasteiger partial charge in [-0.3, -0.25) is 14.0 Å². The van der Waals surface area contributed by atoms with Gasteiger partial charge in [0.2, 0.25) is 0 Å². The lowest BCUT2D eigenvalue weighted by Crippen LogP contribution is -2.42. The van der Waals surface area contributed by atoms with Crippen molar-refractivity contribution in [2.75, 3.05) is 26.3 Å². The molecule has 0 bridgehead atoms. The number of carbonyl (C=O) groups excluding carboxylic acids is 1. The van der Waals surface area contributed by atoms with Crippen LogP contribution in [-0.2, 0) is 4.74 Å². The van der Waals surface area contributed by atoms with E-state index in [1.807, 2.05) is 6.92 Å². The molecule has 1 aliphatic rings. The average molecular weight is 279 g/mol. The molecule has 0 atom stereocenters. The minimum Gasteiger partial charge on any atom is -0.378 e. The quantitative estimate of drug-likeness (QED) is 0.764. The van der Waals surface area contributed by atoms with Gasteiger partial charge in [0.25, 0.3) is 11.5 Å². The van der Waals surface area contributed by atoms with Crippen LogP contribution in [0.25, 0.3) is 4.96 Å². The molecule has 0 radical (unpaired) electrons. The first-order valence-corrected chi connectivity index (χ1v) is 6.83. The third-order valence-electron chi connectivity index (χ3n) is 3.05. The molecule has 1 fully saturated rings. The second-order valence-electron chi connectivity index (χ2n) is 4.38. The fourth-order valence-electron chi connectivity index (χ4n) is 2.08. The highest BCUT2D eigenvalue weighted by atomic mass is 32.1. The van der Waals surface area contributed by atoms with E-state index >= 15 is 0 Å². The number of hydrogen-bond donors (Lipinski definition) is 0. The lowest BCUT2D eigenvalue weighted by atomic mass is 10.2. The van der Waals surface area contributed by atoms with Gasteiger partial charge in [0.05, 0.1) is 13.2 Å². The molecule has 6 nitrogen and oxygen atoms in total. The van der Waals surface area contributed by atoms with E-state index in [9.17, 15) is 9.59 Å². The van der Waals surface area contributed by atoms with Gasteiger partial charge in [-0.05, 0) is 6.92 Å². The van der Waals surface area contributed by atoms with Crippen LogP contribution < -0.4 is 5.56 Å². The Morgan fingerprint density at radius 2 is 2.16 bits per heavy atom. The minimum atomic E-state index is -0.300. The van der Waals surface area contributed by atoms with E-state index in [-0.39, 0.29) is 17.0 Å². The van der Waals surface area contributed by atoms with Gasteiger partial charge in [-0.15, -0.1) is 11.3 Å². The Hall–Kier alpha value is -1.73. The summed E-state index contributed by atoms with van der Waals surface area (Å²) in [7, 11) is 0. The number of aromatic nitrogens is 2. The summed E-state index contributed by atoms with van der Waals surface area (Å²) in [6.07, 6.45) is 3.09. The standard InChI is InChI=1S/C12H13N3O3S/c1-8-7-15-11(17)9(6-13-12(15)19-8)10(16)14-2-4-18-5-3-14/h6-7H,2-5H2,1H3. The van der Waals surface area contributed by atoms with Crippen molar-refractivity contribution < 1.29 is 9.53 Å². The maximum absolute atomic E-state index is 12.3. The Labute approximate surface area is 113 Å². The number of fused-ring (bicyclic) bond motifs is 1. The van der Waals surface area contributed by atoms with Crippen LogP contribution in [0.2, 0.25) is 0 Å². The average Bonchev–Trinajstić information content (AvgIpc) is 2.81. The van der Waals surface area contributed by atoms with Crippen molar-refractivity contribution in [1.29, 1.82) is 0 Å². The largest absolute Gasteiger partial charge is 0.378 e. The van der Waals surface area contributed by atoms with Crippen molar-refractivity contribution in [2.24, 2.45) is 0 Å². The van der Waals surface area contributed by atoms with Crippen molar-refractivity contribution in [2.45, 2.75) is 6.92 Å². The summed E-state index contributed by atoms with van der Waals surface area (Å²) in [5, 5.41) is 0. The summed E-state index contributed by atoms with van der Waals surface area (Å²) in [6.45, 7) is 3.97. The molecule has 7 heteroatoms. The third-order valence-corrected chi connectivity index (χ3v) is 3.96. The molecule has 0 unspecified atom stereocenters. The number of rotatable bonds is 1. The number of aryl methyl sites for hydroxylation is 1. The normalized spacial score (nSPS) is 15.9. The minimum absolute atomic E-state index is 0.122. The van der Waals surface area contributed by atoms with Gasteiger partial charge in [0.1, 0.15) is 5.56 Å². The Morgan fingerprint density at radius 3 is 2.89 bits per heavy atom. The zero-order valence-corrected chi connectivity index (χ0v) is 11.3. The second kappa shape index (κ2) is 4.75. The van der Waals surface area contributed by atoms with Gasteiger partial charge >= 0.3 is 0 Å². The summed E-state index contributed by atoms with van der Waals surface area (Å²) in [6, 6.07) is 0. The van der Waals surface area contributed by atoms with Gasteiger partial charge in [-0.2, -0.15) is 0 Å². The number of hydrogen-bond acceptors (Lipinski definition) is 5. The number of morpholine rings is 1. The van der Waals surface area contributed by atoms with Crippen molar-refractivity contribution in [1.82, 2.24) is 14.3 Å². The van der Waals surface area contributed by atoms with E-state index in [1.165, 1.54) is 21.9 Å². The molecule has 0 spiro atoms. The highest BCUT2D eigenvalue weighted by Crippen LogP contribution is 2.13. The Balaban J connectivity index is 2.02. The molecule has 0 saturated carbocycles. The van der Waals surface area contributed by atoms with Crippen LogP contribution in [-0.4, -0.2) is 46.5 Å². The third kappa shape index (κ3) is 2.15. The van der Waals surface area contributed by atoms with E-state index in [0.29, 0.717) is 31.3 Å². The van der Waals surface area contributed by atoms with Gasteiger partial charge in [0.15, 0.2) is 4.96 Å². The predicted octanol–water partition coefficient (Wildman–Crippen LogP) is 0.537. The second-order valence-corrected chi connectivity index (χ2v) is 5.59. The van der Waals surface area contributed by atoms with Crippen LogP contribution in [0.1, 0.15) is 15.2 Å². The molecule has 3 rings (SSSR count). The van der Waals surface area contributed by atoms with Crippen molar-refractivity contribution >= 4 is 22.2 Å². The van der Waals surface area contributed by atoms with E-state index in [2.05, 4.69) is 4.98 Å². The van der Waals surface area contributed by atoms with Gasteiger partial charge in [-0.25, -0.2) is 4.98 Å². The number of thiazole rings is 1. The smallest absolute Gasteiger partial charge is 0.271 e. The lowest BCUT2D eigenvalue weighted by molar-refractivity contribution is 0.0301. The van der Waals surface area contributed by atoms with Crippen molar-refractivity contribution in [3.05, 3.63) is 33.2 Å². The molecular formula is C12H13N3O3S. The first-order valence-electron chi connectivity index (χ1n) is 6.01. The zero-order chi connectivity index (χ0) is 13.4. The van der Waals surface area contributed by atoms with Crippen LogP contribution in [0.4, 0.5) is 0 Å². The molecular weight excluding hydrogens is 266 g/mol. The lowest BCUT2D eigenvalue weighted by Gasteiger charge is -2.26. The van der Waals surface area contributed by atoms with E-state index in [1.54, 1.807) is 11.1 Å². The van der Waals surface area contributed by atoms with Crippen LogP contribution in [0, 0.1) is 6.92 Å². The van der Waals surface area contributed by atoms with Crippen LogP contribution >= 0.6 is 11.3 Å². The fraction of sp³-hybridized carbons (Fsp3) is 0.417. The maximum atomic E-state index is 12.3. The molecule has 2 aromatic heterocycles. The maximum Gasteiger partial charge on any atom is 0.271 e. The highest BCUT2D eigenvalue weighted by molar-refractivity contribution is 7.16. The summed E-state index contributed by atoms with van der Waals surface area (Å²) in [5.74, 6) is -0.265. The Bertz CT molecular complexity index is 685. The van der Waals surface area contributed by atoms with Gasteiger partial charge in [-0.1, -0.05) is 0 Å². The first kappa shape index (κ1) is 12.3. The molecule has 0 N–H and O–H groups in total. The van der Waals surface area contributed by atoms with Crippen LogP contribution in [0.15, 0.2) is 17.2 Å². The number of amides is 1. The van der Waals surface area contributed by atoms with E-state index in [0.717, 1.165) is 4.88 Å². The fourth-order valence-corrected chi connectivity index (χ4v) is 2.86.